The van der Waals surface area contributed by atoms with Crippen molar-refractivity contribution in [3.05, 3.63) is 218 Å². The van der Waals surface area contributed by atoms with E-state index in [1.54, 1.807) is 0 Å². The molecule has 0 aliphatic heterocycles. The quantitative estimate of drug-likeness (QED) is 0.156. The van der Waals surface area contributed by atoms with Gasteiger partial charge in [-0.2, -0.15) is 0 Å². The predicted molar refractivity (Wildman–Crippen MR) is 241 cm³/mol. The van der Waals surface area contributed by atoms with Gasteiger partial charge in [0.2, 0.25) is 0 Å². The Balaban J connectivity index is 1.05. The number of rotatable bonds is 5. The van der Waals surface area contributed by atoms with Gasteiger partial charge in [-0.15, -0.1) is 0 Å². The number of hydrogen-bond donors (Lipinski definition) is 0. The molecule has 0 heteroatoms. The van der Waals surface area contributed by atoms with Crippen LogP contribution in [0, 0.1) is 0 Å². The molecule has 11 aromatic carbocycles. The SMILES string of the molecule is c1cc(-c2ccc3ccccc3c2)cc(-c2ccc3c(-c4ccc5ccccc5c4)c4cc(-c5cccc(-c6ccc7ccccc7c6)c5)ccc4cc3c2)c1. The van der Waals surface area contributed by atoms with E-state index in [4.69, 9.17) is 0 Å². The first-order valence-corrected chi connectivity index (χ1v) is 19.4. The number of hydrogen-bond acceptors (Lipinski definition) is 0. The minimum atomic E-state index is 1.21. The lowest BCUT2D eigenvalue weighted by atomic mass is 9.88. The van der Waals surface area contributed by atoms with E-state index in [1.807, 2.05) is 0 Å². The fraction of sp³-hybridized carbons (Fsp3) is 0. The summed E-state index contributed by atoms with van der Waals surface area (Å²) in [6.45, 7) is 0. The van der Waals surface area contributed by atoms with Gasteiger partial charge in [0.25, 0.3) is 0 Å². The first kappa shape index (κ1) is 32.2. The predicted octanol–water partition coefficient (Wildman–Crippen LogP) is 15.8. The van der Waals surface area contributed by atoms with Crippen LogP contribution >= 0.6 is 0 Å². The van der Waals surface area contributed by atoms with Crippen LogP contribution in [-0.2, 0) is 0 Å². The van der Waals surface area contributed by atoms with Gasteiger partial charge in [-0.3, -0.25) is 0 Å². The zero-order chi connectivity index (χ0) is 37.0. The van der Waals surface area contributed by atoms with Crippen LogP contribution in [0.25, 0.3) is 109 Å². The Kier molecular flexibility index (Phi) is 7.60. The van der Waals surface area contributed by atoms with Crippen LogP contribution in [0.3, 0.4) is 0 Å². The number of fused-ring (bicyclic) bond motifs is 5. The molecule has 0 radical (unpaired) electrons. The summed E-state index contributed by atoms with van der Waals surface area (Å²) in [5.74, 6) is 0. The summed E-state index contributed by atoms with van der Waals surface area (Å²) < 4.78 is 0. The molecule has 0 aliphatic carbocycles. The smallest absolute Gasteiger partial charge is 0.00264 e. The molecule has 0 fully saturated rings. The summed E-state index contributed by atoms with van der Waals surface area (Å²) >= 11 is 0. The van der Waals surface area contributed by atoms with Gasteiger partial charge in [0, 0.05) is 0 Å². The molecule has 0 spiro atoms. The van der Waals surface area contributed by atoms with Gasteiger partial charge < -0.3 is 0 Å². The highest BCUT2D eigenvalue weighted by Crippen LogP contribution is 2.41. The van der Waals surface area contributed by atoms with E-state index >= 15 is 0 Å². The summed E-state index contributed by atoms with van der Waals surface area (Å²) in [5.41, 5.74) is 12.3. The molecule has 0 unspecified atom stereocenters. The second-order valence-corrected chi connectivity index (χ2v) is 15.0. The first-order valence-electron chi connectivity index (χ1n) is 19.4. The van der Waals surface area contributed by atoms with Gasteiger partial charge in [0.15, 0.2) is 0 Å². The average Bonchev–Trinajstić information content (AvgIpc) is 3.27. The highest BCUT2D eigenvalue weighted by atomic mass is 14.2. The van der Waals surface area contributed by atoms with Gasteiger partial charge in [0.1, 0.15) is 0 Å². The van der Waals surface area contributed by atoms with Crippen molar-refractivity contribution in [3.8, 4) is 55.6 Å². The van der Waals surface area contributed by atoms with Crippen LogP contribution in [0.15, 0.2) is 218 Å². The normalized spacial score (nSPS) is 11.6. The van der Waals surface area contributed by atoms with Crippen LogP contribution in [0.2, 0.25) is 0 Å². The van der Waals surface area contributed by atoms with E-state index in [-0.39, 0.29) is 0 Å². The van der Waals surface area contributed by atoms with Crippen LogP contribution in [0.1, 0.15) is 0 Å². The van der Waals surface area contributed by atoms with E-state index in [9.17, 15) is 0 Å². The van der Waals surface area contributed by atoms with Crippen molar-refractivity contribution in [2.75, 3.05) is 0 Å². The topological polar surface area (TPSA) is 0 Å². The highest BCUT2D eigenvalue weighted by Gasteiger charge is 2.14. The van der Waals surface area contributed by atoms with Crippen LogP contribution < -0.4 is 0 Å². The maximum Gasteiger partial charge on any atom is -0.00264 e. The molecule has 260 valence electrons. The lowest BCUT2D eigenvalue weighted by Gasteiger charge is -2.16. The van der Waals surface area contributed by atoms with Gasteiger partial charge >= 0.3 is 0 Å². The minimum Gasteiger partial charge on any atom is -0.0616 e. The molecule has 56 heavy (non-hydrogen) atoms. The Morgan fingerprint density at radius 1 is 0.161 bits per heavy atom. The molecule has 0 bridgehead atoms. The molecular formula is C56H36. The van der Waals surface area contributed by atoms with Crippen molar-refractivity contribution in [3.63, 3.8) is 0 Å². The zero-order valence-electron chi connectivity index (χ0n) is 30.8. The molecule has 11 rings (SSSR count). The van der Waals surface area contributed by atoms with Crippen molar-refractivity contribution in [1.29, 1.82) is 0 Å². The van der Waals surface area contributed by atoms with Gasteiger partial charge in [-0.1, -0.05) is 170 Å². The fourth-order valence-corrected chi connectivity index (χ4v) is 8.63. The Labute approximate surface area is 326 Å². The molecule has 11 aromatic rings. The molecule has 0 saturated carbocycles. The summed E-state index contributed by atoms with van der Waals surface area (Å²) in [4.78, 5) is 0. The van der Waals surface area contributed by atoms with Crippen molar-refractivity contribution in [2.45, 2.75) is 0 Å². The second kappa shape index (κ2) is 13.2. The maximum atomic E-state index is 2.40. The average molecular weight is 709 g/mol. The zero-order valence-corrected chi connectivity index (χ0v) is 30.8. The fourth-order valence-electron chi connectivity index (χ4n) is 8.63. The molecule has 0 amide bonds. The molecule has 0 heterocycles. The third-order valence-corrected chi connectivity index (χ3v) is 11.6. The summed E-state index contributed by atoms with van der Waals surface area (Å²) in [6, 6.07) is 80.6. The van der Waals surface area contributed by atoms with Crippen LogP contribution in [0.5, 0.6) is 0 Å². The Hall–Kier alpha value is -7.28. The Bertz CT molecular complexity index is 3310. The molecule has 0 atom stereocenters. The molecule has 0 aliphatic rings. The van der Waals surface area contributed by atoms with Gasteiger partial charge in [-0.05, 0) is 158 Å². The molecule has 0 aromatic heterocycles. The lowest BCUT2D eigenvalue weighted by molar-refractivity contribution is 1.61. The highest BCUT2D eigenvalue weighted by molar-refractivity contribution is 6.15. The standard InChI is InChI=1S/C56H36/c1-4-12-40-29-47(22-19-37(40)9-1)43-15-7-17-45(31-43)49-27-28-54-53(34-49)35-51-25-24-50(36-55(51)56(54)52-26-21-39-11-3-6-14-42(39)33-52)46-18-8-16-44(32-46)48-23-20-38-10-2-5-13-41(38)30-48/h1-36H. The number of benzene rings is 11. The summed E-state index contributed by atoms with van der Waals surface area (Å²) in [5, 5.41) is 12.5. The van der Waals surface area contributed by atoms with Crippen LogP contribution in [0.4, 0.5) is 0 Å². The minimum absolute atomic E-state index is 1.21. The largest absolute Gasteiger partial charge is 0.0616 e. The van der Waals surface area contributed by atoms with E-state index in [2.05, 4.69) is 218 Å². The van der Waals surface area contributed by atoms with Crippen molar-refractivity contribution >= 4 is 53.9 Å². The van der Waals surface area contributed by atoms with Gasteiger partial charge in [0.05, 0.1) is 0 Å². The van der Waals surface area contributed by atoms with Crippen molar-refractivity contribution < 1.29 is 0 Å². The molecule has 0 nitrogen and oxygen atoms in total. The van der Waals surface area contributed by atoms with E-state index in [1.165, 1.54) is 109 Å². The molecule has 0 N–H and O–H groups in total. The summed E-state index contributed by atoms with van der Waals surface area (Å²) in [7, 11) is 0. The van der Waals surface area contributed by atoms with Crippen molar-refractivity contribution in [2.24, 2.45) is 0 Å². The van der Waals surface area contributed by atoms with Crippen molar-refractivity contribution in [1.82, 2.24) is 0 Å². The van der Waals surface area contributed by atoms with Crippen LogP contribution in [-0.4, -0.2) is 0 Å². The third-order valence-electron chi connectivity index (χ3n) is 11.6. The summed E-state index contributed by atoms with van der Waals surface area (Å²) in [6.07, 6.45) is 0. The Morgan fingerprint density at radius 3 is 1.02 bits per heavy atom. The Morgan fingerprint density at radius 2 is 0.518 bits per heavy atom. The molecule has 0 saturated heterocycles. The monoisotopic (exact) mass is 708 g/mol. The van der Waals surface area contributed by atoms with E-state index in [0.29, 0.717) is 0 Å². The third kappa shape index (κ3) is 5.72. The maximum absolute atomic E-state index is 2.40. The first-order chi connectivity index (χ1) is 27.7. The molecular weight excluding hydrogens is 673 g/mol. The van der Waals surface area contributed by atoms with E-state index < -0.39 is 0 Å². The lowest BCUT2D eigenvalue weighted by Crippen LogP contribution is -1.89. The second-order valence-electron chi connectivity index (χ2n) is 15.0. The van der Waals surface area contributed by atoms with E-state index in [0.717, 1.165) is 0 Å². The van der Waals surface area contributed by atoms with Gasteiger partial charge in [-0.25, -0.2) is 0 Å².